The Kier molecular flexibility index (Phi) is 0.805. The third-order valence-electron chi connectivity index (χ3n) is 0.896. The van der Waals surface area contributed by atoms with Gasteiger partial charge in [-0.15, -0.1) is 10.2 Å². The summed E-state index contributed by atoms with van der Waals surface area (Å²) in [5, 5.41) is 21.9. The van der Waals surface area contributed by atoms with Crippen molar-refractivity contribution in [3.05, 3.63) is 0 Å². The predicted molar refractivity (Wildman–Crippen MR) is 22.9 cm³/mol. The molecule has 6 nitrogen and oxygen atoms in total. The SMILES string of the molecule is O=C(O)C1(C(=O)O)N=N1. The molecule has 48 valence electrons. The Hall–Kier alpha value is -1.46. The van der Waals surface area contributed by atoms with Gasteiger partial charge >= 0.3 is 17.6 Å². The number of hydrogen-bond donors (Lipinski definition) is 2. The molecule has 2 N–H and O–H groups in total. The van der Waals surface area contributed by atoms with E-state index in [1.54, 1.807) is 0 Å². The maximum absolute atomic E-state index is 9.96. The molecule has 0 spiro atoms. The van der Waals surface area contributed by atoms with Gasteiger partial charge < -0.3 is 10.2 Å². The van der Waals surface area contributed by atoms with E-state index in [9.17, 15) is 9.59 Å². The molecular formula is C3H2N2O4. The van der Waals surface area contributed by atoms with Crippen LogP contribution in [-0.2, 0) is 9.59 Å². The topological polar surface area (TPSA) is 99.3 Å². The van der Waals surface area contributed by atoms with Crippen LogP contribution in [0.25, 0.3) is 0 Å². The van der Waals surface area contributed by atoms with Crippen LogP contribution in [-0.4, -0.2) is 27.8 Å². The lowest BCUT2D eigenvalue weighted by Crippen LogP contribution is -2.33. The highest BCUT2D eigenvalue weighted by Crippen LogP contribution is 2.27. The van der Waals surface area contributed by atoms with E-state index in [0.717, 1.165) is 0 Å². The Morgan fingerprint density at radius 3 is 1.44 bits per heavy atom. The zero-order valence-electron chi connectivity index (χ0n) is 4.11. The average Bonchev–Trinajstić information content (AvgIpc) is 2.40. The maximum Gasteiger partial charge on any atom is 0.381 e. The summed E-state index contributed by atoms with van der Waals surface area (Å²) in [5.74, 6) is -3.09. The van der Waals surface area contributed by atoms with E-state index in [1.165, 1.54) is 0 Å². The fourth-order valence-corrected chi connectivity index (χ4v) is 0.313. The van der Waals surface area contributed by atoms with Gasteiger partial charge in [-0.25, -0.2) is 9.59 Å². The van der Waals surface area contributed by atoms with Crippen molar-refractivity contribution < 1.29 is 19.8 Å². The number of carbonyl (C=O) groups is 2. The third kappa shape index (κ3) is 0.558. The molecule has 1 heterocycles. The van der Waals surface area contributed by atoms with E-state index in [4.69, 9.17) is 10.2 Å². The fraction of sp³-hybridized carbons (Fsp3) is 0.333. The first kappa shape index (κ1) is 5.67. The van der Waals surface area contributed by atoms with Crippen LogP contribution in [0.2, 0.25) is 0 Å². The number of aliphatic carboxylic acids is 2. The summed E-state index contributed by atoms with van der Waals surface area (Å²) in [6, 6.07) is 0. The van der Waals surface area contributed by atoms with Crippen LogP contribution in [0.4, 0.5) is 0 Å². The Bertz CT molecular complexity index is 186. The molecular weight excluding hydrogens is 128 g/mol. The van der Waals surface area contributed by atoms with Gasteiger partial charge in [0.1, 0.15) is 0 Å². The van der Waals surface area contributed by atoms with Gasteiger partial charge in [-0.05, 0) is 0 Å². The molecule has 0 atom stereocenters. The summed E-state index contributed by atoms with van der Waals surface area (Å²) in [4.78, 5) is 19.9. The second kappa shape index (κ2) is 1.28. The number of carboxylic acids is 2. The quantitative estimate of drug-likeness (QED) is 0.483. The van der Waals surface area contributed by atoms with Gasteiger partial charge in [-0.1, -0.05) is 0 Å². The second-order valence-electron chi connectivity index (χ2n) is 1.48. The molecule has 9 heavy (non-hydrogen) atoms. The van der Waals surface area contributed by atoms with Crippen molar-refractivity contribution in [1.29, 1.82) is 0 Å². The van der Waals surface area contributed by atoms with Gasteiger partial charge in [0, 0.05) is 0 Å². The van der Waals surface area contributed by atoms with E-state index in [-0.39, 0.29) is 0 Å². The molecule has 6 heteroatoms. The van der Waals surface area contributed by atoms with Crippen molar-refractivity contribution in [3.8, 4) is 0 Å². The lowest BCUT2D eigenvalue weighted by molar-refractivity contribution is -0.152. The molecule has 0 aliphatic carbocycles. The molecule has 0 fully saturated rings. The van der Waals surface area contributed by atoms with Gasteiger partial charge in [0.05, 0.1) is 0 Å². The van der Waals surface area contributed by atoms with Gasteiger partial charge in [0.15, 0.2) is 0 Å². The number of carboxylic acid groups (broad SMARTS) is 2. The molecule has 1 rings (SSSR count). The zero-order valence-corrected chi connectivity index (χ0v) is 4.11. The van der Waals surface area contributed by atoms with Crippen molar-refractivity contribution >= 4 is 11.9 Å². The molecule has 0 radical (unpaired) electrons. The average molecular weight is 130 g/mol. The molecule has 1 aliphatic rings. The lowest BCUT2D eigenvalue weighted by atomic mass is 10.2. The van der Waals surface area contributed by atoms with Crippen molar-refractivity contribution in [3.63, 3.8) is 0 Å². The molecule has 0 aromatic rings. The molecule has 0 unspecified atom stereocenters. The lowest BCUT2D eigenvalue weighted by Gasteiger charge is -1.93. The maximum atomic E-state index is 9.96. The van der Waals surface area contributed by atoms with Gasteiger partial charge in [0.25, 0.3) is 0 Å². The highest BCUT2D eigenvalue weighted by atomic mass is 16.4. The standard InChI is InChI=1S/C3H2N2O4/c6-1(7)3(2(8)9)4-5-3/h(H,6,7)(H,8,9). The summed E-state index contributed by atoms with van der Waals surface area (Å²) in [6.07, 6.45) is 0. The van der Waals surface area contributed by atoms with E-state index >= 15 is 0 Å². The van der Waals surface area contributed by atoms with Crippen LogP contribution < -0.4 is 0 Å². The minimum Gasteiger partial charge on any atom is -0.477 e. The Balaban J connectivity index is 2.77. The summed E-state index contributed by atoms with van der Waals surface area (Å²) in [7, 11) is 0. The van der Waals surface area contributed by atoms with Crippen LogP contribution in [0, 0.1) is 0 Å². The first-order chi connectivity index (χ1) is 4.09. The van der Waals surface area contributed by atoms with Crippen molar-refractivity contribution in [2.45, 2.75) is 5.66 Å². The Morgan fingerprint density at radius 1 is 1.11 bits per heavy atom. The van der Waals surface area contributed by atoms with Crippen molar-refractivity contribution in [1.82, 2.24) is 0 Å². The normalized spacial score (nSPS) is 19.1. The molecule has 0 amide bonds. The largest absolute Gasteiger partial charge is 0.477 e. The number of hydrogen-bond acceptors (Lipinski definition) is 4. The third-order valence-corrected chi connectivity index (χ3v) is 0.896. The molecule has 0 saturated carbocycles. The Labute approximate surface area is 48.8 Å². The van der Waals surface area contributed by atoms with Crippen LogP contribution in [0.1, 0.15) is 0 Å². The zero-order chi connectivity index (χ0) is 7.07. The Morgan fingerprint density at radius 2 is 1.44 bits per heavy atom. The van der Waals surface area contributed by atoms with Crippen molar-refractivity contribution in [2.75, 3.05) is 0 Å². The summed E-state index contributed by atoms with van der Waals surface area (Å²) in [5.41, 5.74) is -2.17. The highest BCUT2D eigenvalue weighted by molar-refractivity contribution is 6.05. The van der Waals surface area contributed by atoms with E-state index in [2.05, 4.69) is 10.2 Å². The smallest absolute Gasteiger partial charge is 0.381 e. The number of rotatable bonds is 2. The predicted octanol–water partition coefficient (Wildman–Crippen LogP) is -0.682. The fourth-order valence-electron chi connectivity index (χ4n) is 0.313. The van der Waals surface area contributed by atoms with Crippen LogP contribution >= 0.6 is 0 Å². The number of nitrogens with zero attached hydrogens (tertiary/aromatic N) is 2. The highest BCUT2D eigenvalue weighted by Gasteiger charge is 2.57. The molecule has 0 aromatic carbocycles. The van der Waals surface area contributed by atoms with E-state index in [1.807, 2.05) is 0 Å². The molecule has 0 bridgehead atoms. The monoisotopic (exact) mass is 130 g/mol. The van der Waals surface area contributed by atoms with E-state index < -0.39 is 17.6 Å². The van der Waals surface area contributed by atoms with Gasteiger partial charge in [0.2, 0.25) is 0 Å². The van der Waals surface area contributed by atoms with Crippen molar-refractivity contribution in [2.24, 2.45) is 10.2 Å². The van der Waals surface area contributed by atoms with Crippen LogP contribution in [0.5, 0.6) is 0 Å². The first-order valence-electron chi connectivity index (χ1n) is 2.00. The minimum absolute atomic E-state index is 1.55. The molecule has 0 aromatic heterocycles. The van der Waals surface area contributed by atoms with Crippen LogP contribution in [0.3, 0.4) is 0 Å². The summed E-state index contributed by atoms with van der Waals surface area (Å²) < 4.78 is 0. The van der Waals surface area contributed by atoms with Gasteiger partial charge in [-0.2, -0.15) is 0 Å². The van der Waals surface area contributed by atoms with Crippen LogP contribution in [0.15, 0.2) is 10.2 Å². The minimum atomic E-state index is -2.17. The van der Waals surface area contributed by atoms with E-state index in [0.29, 0.717) is 0 Å². The second-order valence-corrected chi connectivity index (χ2v) is 1.48. The molecule has 0 saturated heterocycles. The summed E-state index contributed by atoms with van der Waals surface area (Å²) in [6.45, 7) is 0. The summed E-state index contributed by atoms with van der Waals surface area (Å²) >= 11 is 0. The van der Waals surface area contributed by atoms with Gasteiger partial charge in [-0.3, -0.25) is 0 Å². The molecule has 1 aliphatic heterocycles. The first-order valence-corrected chi connectivity index (χ1v) is 2.00.